The Bertz CT molecular complexity index is 659. The van der Waals surface area contributed by atoms with Crippen molar-refractivity contribution in [3.8, 4) is 5.75 Å². The number of benzene rings is 1. The van der Waals surface area contributed by atoms with E-state index in [0.717, 1.165) is 18.6 Å². The van der Waals surface area contributed by atoms with Gasteiger partial charge in [-0.25, -0.2) is 4.79 Å². The summed E-state index contributed by atoms with van der Waals surface area (Å²) in [6, 6.07) is 4.71. The highest BCUT2D eigenvalue weighted by Crippen LogP contribution is 2.30. The van der Waals surface area contributed by atoms with Crippen molar-refractivity contribution < 1.29 is 19.2 Å². The van der Waals surface area contributed by atoms with Crippen LogP contribution in [0.4, 0.5) is 16.2 Å². The van der Waals surface area contributed by atoms with Crippen LogP contribution in [0.3, 0.4) is 0 Å². The number of ether oxygens (including phenoxy) is 1. The Hall–Kier alpha value is -2.77. The Morgan fingerprint density at radius 3 is 3.13 bits per heavy atom. The number of rotatable bonds is 4. The lowest BCUT2D eigenvalue weighted by molar-refractivity contribution is -0.118. The lowest BCUT2D eigenvalue weighted by Gasteiger charge is -2.18. The maximum atomic E-state index is 11.9. The van der Waals surface area contributed by atoms with Crippen LogP contribution in [0.15, 0.2) is 23.4 Å². The first-order valence-electron chi connectivity index (χ1n) is 7.47. The molecule has 8 nitrogen and oxygen atoms in total. The largest absolute Gasteiger partial charge is 0.482 e. The summed E-state index contributed by atoms with van der Waals surface area (Å²) < 4.78 is 5.30. The number of anilines is 2. The second-order valence-electron chi connectivity index (χ2n) is 5.33. The molecular formula is C15H18N4O4. The third kappa shape index (κ3) is 3.71. The van der Waals surface area contributed by atoms with Gasteiger partial charge in [0.2, 0.25) is 0 Å². The lowest BCUT2D eigenvalue weighted by atomic mass is 10.1. The van der Waals surface area contributed by atoms with Crippen LogP contribution in [-0.4, -0.2) is 36.9 Å². The molecule has 8 heteroatoms. The molecule has 0 saturated carbocycles. The first-order chi connectivity index (χ1) is 11.1. The van der Waals surface area contributed by atoms with Crippen LogP contribution in [0.5, 0.6) is 5.75 Å². The summed E-state index contributed by atoms with van der Waals surface area (Å²) in [5, 5.41) is 12.1. The molecule has 1 aromatic rings. The highest BCUT2D eigenvalue weighted by Gasteiger charge is 2.20. The SMILES string of the molecule is CCC1=NO[C@H](CNC(=O)Nc2ccc3c(c2)OCC(=O)N3)C1. The van der Waals surface area contributed by atoms with E-state index >= 15 is 0 Å². The molecule has 23 heavy (non-hydrogen) atoms. The predicted octanol–water partition coefficient (Wildman–Crippen LogP) is 1.69. The minimum absolute atomic E-state index is 0.0264. The van der Waals surface area contributed by atoms with E-state index in [2.05, 4.69) is 21.1 Å². The average Bonchev–Trinajstić information content (AvgIpc) is 3.01. The molecule has 0 aromatic heterocycles. The highest BCUT2D eigenvalue weighted by atomic mass is 16.6. The molecule has 3 rings (SSSR count). The molecule has 0 radical (unpaired) electrons. The summed E-state index contributed by atoms with van der Waals surface area (Å²) in [6.07, 6.45) is 1.48. The van der Waals surface area contributed by atoms with Crippen molar-refractivity contribution >= 4 is 29.0 Å². The molecule has 0 saturated heterocycles. The van der Waals surface area contributed by atoms with E-state index in [1.807, 2.05) is 6.92 Å². The lowest BCUT2D eigenvalue weighted by Crippen LogP contribution is -2.35. The van der Waals surface area contributed by atoms with Crippen molar-refractivity contribution in [3.63, 3.8) is 0 Å². The van der Waals surface area contributed by atoms with Crippen molar-refractivity contribution in [2.75, 3.05) is 23.8 Å². The molecule has 0 bridgehead atoms. The third-order valence-corrected chi connectivity index (χ3v) is 3.56. The van der Waals surface area contributed by atoms with Gasteiger partial charge in [-0.15, -0.1) is 0 Å². The number of fused-ring (bicyclic) bond motifs is 1. The fourth-order valence-corrected chi connectivity index (χ4v) is 2.34. The van der Waals surface area contributed by atoms with Crippen LogP contribution in [0, 0.1) is 0 Å². The van der Waals surface area contributed by atoms with Gasteiger partial charge in [-0.05, 0) is 18.6 Å². The van der Waals surface area contributed by atoms with E-state index in [9.17, 15) is 9.59 Å². The van der Waals surface area contributed by atoms with Crippen LogP contribution >= 0.6 is 0 Å². The third-order valence-electron chi connectivity index (χ3n) is 3.56. The Labute approximate surface area is 133 Å². The number of carbonyl (C=O) groups excluding carboxylic acids is 2. The summed E-state index contributed by atoms with van der Waals surface area (Å²) in [6.45, 7) is 2.38. The summed E-state index contributed by atoms with van der Waals surface area (Å²) in [4.78, 5) is 28.3. The van der Waals surface area contributed by atoms with Gasteiger partial charge >= 0.3 is 6.03 Å². The fraction of sp³-hybridized carbons (Fsp3) is 0.400. The van der Waals surface area contributed by atoms with Gasteiger partial charge in [-0.2, -0.15) is 0 Å². The van der Waals surface area contributed by atoms with Crippen molar-refractivity contribution in [2.45, 2.75) is 25.9 Å². The number of hydrogen-bond donors (Lipinski definition) is 3. The molecule has 2 aliphatic heterocycles. The van der Waals surface area contributed by atoms with Gasteiger partial charge in [-0.3, -0.25) is 4.79 Å². The Morgan fingerprint density at radius 1 is 1.48 bits per heavy atom. The van der Waals surface area contributed by atoms with Gasteiger partial charge in [-0.1, -0.05) is 12.1 Å². The highest BCUT2D eigenvalue weighted by molar-refractivity contribution is 5.96. The Balaban J connectivity index is 1.49. The topological polar surface area (TPSA) is 101 Å². The summed E-state index contributed by atoms with van der Waals surface area (Å²) in [5.41, 5.74) is 2.18. The molecule has 122 valence electrons. The number of nitrogens with zero attached hydrogens (tertiary/aromatic N) is 1. The molecule has 1 aromatic carbocycles. The summed E-state index contributed by atoms with van der Waals surface area (Å²) in [7, 11) is 0. The van der Waals surface area contributed by atoms with Crippen molar-refractivity contribution in [3.05, 3.63) is 18.2 Å². The van der Waals surface area contributed by atoms with Crippen LogP contribution in [0.2, 0.25) is 0 Å². The summed E-state index contributed by atoms with van der Waals surface area (Å²) >= 11 is 0. The minimum atomic E-state index is -0.335. The standard InChI is InChI=1S/C15H18N4O4/c1-2-9-5-11(23-19-9)7-16-15(21)17-10-3-4-12-13(6-10)22-8-14(20)18-12/h3-4,6,11H,2,5,7-8H2,1H3,(H,18,20)(H2,16,17,21)/t11-/m0/s1. The van der Waals surface area contributed by atoms with E-state index in [1.54, 1.807) is 18.2 Å². The van der Waals surface area contributed by atoms with Gasteiger partial charge in [0.05, 0.1) is 17.9 Å². The smallest absolute Gasteiger partial charge is 0.319 e. The first-order valence-corrected chi connectivity index (χ1v) is 7.47. The first kappa shape index (κ1) is 15.1. The average molecular weight is 318 g/mol. The molecule has 0 aliphatic carbocycles. The number of urea groups is 1. The number of oxime groups is 1. The van der Waals surface area contributed by atoms with Crippen LogP contribution in [0.1, 0.15) is 19.8 Å². The Kier molecular flexibility index (Phi) is 4.31. The molecule has 2 heterocycles. The molecular weight excluding hydrogens is 300 g/mol. The molecule has 0 spiro atoms. The van der Waals surface area contributed by atoms with Gasteiger partial charge < -0.3 is 25.5 Å². The van der Waals surface area contributed by atoms with Crippen LogP contribution < -0.4 is 20.7 Å². The van der Waals surface area contributed by atoms with Gasteiger partial charge in [0.1, 0.15) is 11.9 Å². The number of carbonyl (C=O) groups is 2. The zero-order valence-corrected chi connectivity index (χ0v) is 12.7. The van der Waals surface area contributed by atoms with E-state index in [-0.39, 0.29) is 24.6 Å². The number of nitrogens with one attached hydrogen (secondary N) is 3. The molecule has 3 N–H and O–H groups in total. The number of hydrogen-bond acceptors (Lipinski definition) is 5. The van der Waals surface area contributed by atoms with Crippen molar-refractivity contribution in [1.29, 1.82) is 0 Å². The molecule has 0 fully saturated rings. The van der Waals surface area contributed by atoms with E-state index < -0.39 is 0 Å². The van der Waals surface area contributed by atoms with E-state index in [1.165, 1.54) is 0 Å². The van der Waals surface area contributed by atoms with E-state index in [4.69, 9.17) is 9.57 Å². The molecule has 1 atom stereocenters. The van der Waals surface area contributed by atoms with Crippen LogP contribution in [-0.2, 0) is 9.63 Å². The maximum Gasteiger partial charge on any atom is 0.319 e. The zero-order chi connectivity index (χ0) is 16.2. The van der Waals surface area contributed by atoms with Crippen LogP contribution in [0.25, 0.3) is 0 Å². The number of amides is 3. The molecule has 0 unspecified atom stereocenters. The monoisotopic (exact) mass is 318 g/mol. The van der Waals surface area contributed by atoms with Crippen molar-refractivity contribution in [1.82, 2.24) is 5.32 Å². The predicted molar refractivity (Wildman–Crippen MR) is 84.8 cm³/mol. The van der Waals surface area contributed by atoms with Crippen molar-refractivity contribution in [2.24, 2.45) is 5.16 Å². The summed E-state index contributed by atoms with van der Waals surface area (Å²) in [5.74, 6) is 0.337. The maximum absolute atomic E-state index is 11.9. The fourth-order valence-electron chi connectivity index (χ4n) is 2.34. The van der Waals surface area contributed by atoms with E-state index in [0.29, 0.717) is 23.7 Å². The molecule has 2 aliphatic rings. The normalized spacial score (nSPS) is 18.9. The zero-order valence-electron chi connectivity index (χ0n) is 12.7. The Morgan fingerprint density at radius 2 is 2.35 bits per heavy atom. The molecule has 3 amide bonds. The van der Waals surface area contributed by atoms with Gasteiger partial charge in [0.15, 0.2) is 6.61 Å². The second-order valence-corrected chi connectivity index (χ2v) is 5.33. The quantitative estimate of drug-likeness (QED) is 0.786. The minimum Gasteiger partial charge on any atom is -0.482 e. The second kappa shape index (κ2) is 6.55. The van der Waals surface area contributed by atoms with Gasteiger partial charge in [0, 0.05) is 18.2 Å². The van der Waals surface area contributed by atoms with Gasteiger partial charge in [0.25, 0.3) is 5.91 Å².